The van der Waals surface area contributed by atoms with E-state index in [1.807, 2.05) is 45.6 Å². The van der Waals surface area contributed by atoms with Gasteiger partial charge in [-0.25, -0.2) is 9.18 Å². The van der Waals surface area contributed by atoms with E-state index in [9.17, 15) is 18.4 Å². The van der Waals surface area contributed by atoms with Gasteiger partial charge in [0.15, 0.2) is 0 Å². The van der Waals surface area contributed by atoms with Gasteiger partial charge in [-0.2, -0.15) is 13.8 Å². The summed E-state index contributed by atoms with van der Waals surface area (Å²) in [4.78, 5) is 32.1. The van der Waals surface area contributed by atoms with Crippen LogP contribution in [-0.2, 0) is 20.9 Å². The number of hydrogen-bond donors (Lipinski definition) is 1. The van der Waals surface area contributed by atoms with Crippen molar-refractivity contribution in [1.82, 2.24) is 10.4 Å². The van der Waals surface area contributed by atoms with E-state index >= 15 is 4.39 Å². The Morgan fingerprint density at radius 1 is 1.12 bits per heavy atom. The highest BCUT2D eigenvalue weighted by Crippen LogP contribution is 2.28. The normalized spacial score (nSPS) is 19.3. The largest absolute Gasteiger partial charge is 0.442 e. The van der Waals surface area contributed by atoms with Crippen molar-refractivity contribution in [1.29, 1.82) is 0 Å². The van der Waals surface area contributed by atoms with Crippen molar-refractivity contribution in [2.45, 2.75) is 19.1 Å². The summed E-state index contributed by atoms with van der Waals surface area (Å²) < 4.78 is 44.7. The van der Waals surface area contributed by atoms with Crippen molar-refractivity contribution in [2.24, 2.45) is 0 Å². The van der Waals surface area contributed by atoms with Crippen molar-refractivity contribution >= 4 is 23.4 Å². The number of ether oxygens (including phenoxy) is 1. The standard InChI is InChI=1S/C23H25F3N4O4/c24-19-12-17(30-15-18(34-23(30)32)13-27-22(31)21(25)26)6-7-20(19)28-8-9-29(33-11-10-28)14-16-4-2-1-3-5-16/h1-7,12,18,21H,8-11,13-15H2,(H,27,31). The second-order valence-corrected chi connectivity index (χ2v) is 7.97. The highest BCUT2D eigenvalue weighted by Gasteiger charge is 2.33. The first kappa shape index (κ1) is 23.8. The van der Waals surface area contributed by atoms with Gasteiger partial charge in [-0.1, -0.05) is 30.3 Å². The van der Waals surface area contributed by atoms with Crippen LogP contribution in [0.2, 0.25) is 0 Å². The molecule has 1 N–H and O–H groups in total. The van der Waals surface area contributed by atoms with Crippen LogP contribution in [-0.4, -0.2) is 68.9 Å². The molecule has 2 aromatic rings. The number of amides is 2. The number of benzene rings is 2. The minimum atomic E-state index is -3.15. The fourth-order valence-corrected chi connectivity index (χ4v) is 3.89. The molecule has 0 bridgehead atoms. The van der Waals surface area contributed by atoms with Crippen LogP contribution < -0.4 is 15.1 Å². The second-order valence-electron chi connectivity index (χ2n) is 7.97. The first-order valence-electron chi connectivity index (χ1n) is 10.9. The first-order chi connectivity index (χ1) is 16.4. The number of hydroxylamine groups is 2. The number of anilines is 2. The van der Waals surface area contributed by atoms with Crippen LogP contribution in [0.25, 0.3) is 0 Å². The number of carbonyl (C=O) groups excluding carboxylic acids is 2. The fourth-order valence-electron chi connectivity index (χ4n) is 3.89. The molecule has 0 saturated carbocycles. The van der Waals surface area contributed by atoms with Crippen molar-refractivity contribution in [3.05, 3.63) is 59.9 Å². The Bertz CT molecular complexity index is 1010. The van der Waals surface area contributed by atoms with Gasteiger partial charge in [-0.3, -0.25) is 14.5 Å². The summed E-state index contributed by atoms with van der Waals surface area (Å²) in [6.45, 7) is 2.43. The monoisotopic (exact) mass is 478 g/mol. The molecule has 11 heteroatoms. The second kappa shape index (κ2) is 10.7. The van der Waals surface area contributed by atoms with Gasteiger partial charge in [0.25, 0.3) is 5.91 Å². The molecule has 1 atom stereocenters. The number of nitrogens with one attached hydrogen (secondary N) is 1. The van der Waals surface area contributed by atoms with E-state index in [1.54, 1.807) is 12.1 Å². The van der Waals surface area contributed by atoms with E-state index in [1.165, 1.54) is 11.0 Å². The average Bonchev–Trinajstić information content (AvgIpc) is 3.04. The Morgan fingerprint density at radius 3 is 2.65 bits per heavy atom. The van der Waals surface area contributed by atoms with Gasteiger partial charge < -0.3 is 15.0 Å². The topological polar surface area (TPSA) is 74.4 Å². The summed E-state index contributed by atoms with van der Waals surface area (Å²) >= 11 is 0. The van der Waals surface area contributed by atoms with E-state index < -0.39 is 30.3 Å². The molecule has 8 nitrogen and oxygen atoms in total. The molecular weight excluding hydrogens is 453 g/mol. The molecule has 182 valence electrons. The molecular formula is C23H25F3N4O4. The molecule has 2 saturated heterocycles. The summed E-state index contributed by atoms with van der Waals surface area (Å²) in [6, 6.07) is 14.4. The van der Waals surface area contributed by atoms with E-state index in [2.05, 4.69) is 0 Å². The number of cyclic esters (lactones) is 1. The molecule has 2 fully saturated rings. The van der Waals surface area contributed by atoms with Crippen LogP contribution in [0.4, 0.5) is 29.3 Å². The van der Waals surface area contributed by atoms with E-state index in [0.29, 0.717) is 38.5 Å². The number of rotatable bonds is 7. The smallest absolute Gasteiger partial charge is 0.414 e. The minimum Gasteiger partial charge on any atom is -0.442 e. The van der Waals surface area contributed by atoms with Crippen LogP contribution >= 0.6 is 0 Å². The molecule has 0 aromatic heterocycles. The molecule has 1 unspecified atom stereocenters. The Balaban J connectivity index is 1.35. The molecule has 34 heavy (non-hydrogen) atoms. The Labute approximate surface area is 194 Å². The van der Waals surface area contributed by atoms with Gasteiger partial charge in [0, 0.05) is 26.2 Å². The maximum atomic E-state index is 15.0. The fraction of sp³-hybridized carbons (Fsp3) is 0.391. The predicted octanol–water partition coefficient (Wildman–Crippen LogP) is 2.79. The van der Waals surface area contributed by atoms with Gasteiger partial charge in [0.1, 0.15) is 11.9 Å². The molecule has 0 spiro atoms. The molecule has 0 aliphatic carbocycles. The van der Waals surface area contributed by atoms with Crippen LogP contribution in [0.5, 0.6) is 0 Å². The lowest BCUT2D eigenvalue weighted by molar-refractivity contribution is -0.154. The third-order valence-corrected chi connectivity index (χ3v) is 5.62. The summed E-state index contributed by atoms with van der Waals surface area (Å²) in [5.74, 6) is -1.94. The van der Waals surface area contributed by atoms with Crippen LogP contribution in [0, 0.1) is 5.82 Å². The lowest BCUT2D eigenvalue weighted by Crippen LogP contribution is -2.37. The Kier molecular flexibility index (Phi) is 7.53. The van der Waals surface area contributed by atoms with Crippen LogP contribution in [0.3, 0.4) is 0 Å². The van der Waals surface area contributed by atoms with E-state index in [4.69, 9.17) is 9.57 Å². The molecule has 2 aromatic carbocycles. The Hall–Kier alpha value is -3.31. The molecule has 4 rings (SSSR count). The summed E-state index contributed by atoms with van der Waals surface area (Å²) in [5.41, 5.74) is 1.80. The molecule has 0 radical (unpaired) electrons. The highest BCUT2D eigenvalue weighted by molar-refractivity contribution is 5.90. The zero-order valence-electron chi connectivity index (χ0n) is 18.3. The number of halogens is 3. The summed E-state index contributed by atoms with van der Waals surface area (Å²) in [5, 5.41) is 3.87. The van der Waals surface area contributed by atoms with Crippen LogP contribution in [0.1, 0.15) is 5.56 Å². The lowest BCUT2D eigenvalue weighted by Gasteiger charge is -2.24. The van der Waals surface area contributed by atoms with Gasteiger partial charge in [0.05, 0.1) is 31.1 Å². The number of carbonyl (C=O) groups is 2. The maximum absolute atomic E-state index is 15.0. The Morgan fingerprint density at radius 2 is 1.91 bits per heavy atom. The van der Waals surface area contributed by atoms with Crippen molar-refractivity contribution in [3.63, 3.8) is 0 Å². The van der Waals surface area contributed by atoms with Gasteiger partial charge in [-0.15, -0.1) is 0 Å². The van der Waals surface area contributed by atoms with Crippen molar-refractivity contribution in [2.75, 3.05) is 49.1 Å². The highest BCUT2D eigenvalue weighted by atomic mass is 19.3. The van der Waals surface area contributed by atoms with Gasteiger partial charge >= 0.3 is 12.5 Å². The third-order valence-electron chi connectivity index (χ3n) is 5.62. The average molecular weight is 478 g/mol. The zero-order valence-corrected chi connectivity index (χ0v) is 18.3. The molecule has 2 aliphatic heterocycles. The third kappa shape index (κ3) is 5.78. The number of nitrogens with zero attached hydrogens (tertiary/aromatic N) is 3. The minimum absolute atomic E-state index is 0.00708. The van der Waals surface area contributed by atoms with Crippen molar-refractivity contribution in [3.8, 4) is 0 Å². The summed E-state index contributed by atoms with van der Waals surface area (Å²) in [7, 11) is 0. The van der Waals surface area contributed by atoms with Crippen LogP contribution in [0.15, 0.2) is 48.5 Å². The van der Waals surface area contributed by atoms with E-state index in [0.717, 1.165) is 5.56 Å². The van der Waals surface area contributed by atoms with Gasteiger partial charge in [0.2, 0.25) is 0 Å². The van der Waals surface area contributed by atoms with E-state index in [-0.39, 0.29) is 18.8 Å². The predicted molar refractivity (Wildman–Crippen MR) is 118 cm³/mol. The maximum Gasteiger partial charge on any atom is 0.414 e. The van der Waals surface area contributed by atoms with Crippen molar-refractivity contribution < 1.29 is 32.3 Å². The number of hydrogen-bond acceptors (Lipinski definition) is 6. The quantitative estimate of drug-likeness (QED) is 0.660. The lowest BCUT2D eigenvalue weighted by atomic mass is 10.2. The van der Waals surface area contributed by atoms with Gasteiger partial charge in [-0.05, 0) is 23.8 Å². The molecule has 2 heterocycles. The number of alkyl halides is 2. The molecule has 2 amide bonds. The first-order valence-corrected chi connectivity index (χ1v) is 10.9. The summed E-state index contributed by atoms with van der Waals surface area (Å²) in [6.07, 6.45) is -4.69. The SMILES string of the molecule is O=C(NCC1CN(c2ccc(N3CCON(Cc4ccccc4)CC3)c(F)c2)C(=O)O1)C(F)F. The molecule has 2 aliphatic rings. The zero-order chi connectivity index (χ0) is 24.1.